The molecular formula is C28H25Cl. The molecule has 0 aliphatic heterocycles. The molecule has 0 heterocycles. The van der Waals surface area contributed by atoms with Gasteiger partial charge in [-0.2, -0.15) is 0 Å². The predicted octanol–water partition coefficient (Wildman–Crippen LogP) is 7.73. The lowest BCUT2D eigenvalue weighted by molar-refractivity contribution is -0.0399. The molecule has 5 aliphatic rings. The van der Waals surface area contributed by atoms with Gasteiger partial charge in [0.05, 0.1) is 0 Å². The number of benzene rings is 3. The van der Waals surface area contributed by atoms with Crippen molar-refractivity contribution in [2.45, 2.75) is 37.5 Å². The average molecular weight is 397 g/mol. The third-order valence-corrected chi connectivity index (χ3v) is 9.07. The van der Waals surface area contributed by atoms with E-state index in [0.717, 1.165) is 28.7 Å². The second-order valence-electron chi connectivity index (χ2n) is 9.93. The Labute approximate surface area is 177 Å². The van der Waals surface area contributed by atoms with Crippen LogP contribution in [0.2, 0.25) is 5.02 Å². The van der Waals surface area contributed by atoms with Crippen LogP contribution in [0.5, 0.6) is 0 Å². The van der Waals surface area contributed by atoms with Crippen molar-refractivity contribution in [3.8, 4) is 22.3 Å². The maximum absolute atomic E-state index is 6.69. The van der Waals surface area contributed by atoms with Crippen LogP contribution in [0.4, 0.5) is 0 Å². The maximum Gasteiger partial charge on any atom is 0.0484 e. The molecule has 4 bridgehead atoms. The highest BCUT2D eigenvalue weighted by atomic mass is 35.5. The molecule has 4 saturated carbocycles. The first-order valence-corrected chi connectivity index (χ1v) is 11.6. The lowest BCUT2D eigenvalue weighted by Crippen LogP contribution is -2.55. The number of hydrogen-bond donors (Lipinski definition) is 0. The summed E-state index contributed by atoms with van der Waals surface area (Å²) >= 11 is 6.69. The molecule has 0 radical (unpaired) electrons. The molecular weight excluding hydrogens is 372 g/mol. The molecule has 4 fully saturated rings. The summed E-state index contributed by atoms with van der Waals surface area (Å²) in [6.45, 7) is 0. The van der Waals surface area contributed by atoms with E-state index in [0.29, 0.717) is 0 Å². The monoisotopic (exact) mass is 396 g/mol. The largest absolute Gasteiger partial charge is 0.0837 e. The quantitative estimate of drug-likeness (QED) is 0.394. The topological polar surface area (TPSA) is 0 Å². The molecule has 1 spiro atoms. The van der Waals surface area contributed by atoms with Gasteiger partial charge in [0, 0.05) is 16.0 Å². The molecule has 144 valence electrons. The van der Waals surface area contributed by atoms with E-state index in [-0.39, 0.29) is 5.41 Å². The lowest BCUT2D eigenvalue weighted by atomic mass is 9.43. The molecule has 8 rings (SSSR count). The third-order valence-electron chi connectivity index (χ3n) is 8.74. The first-order chi connectivity index (χ1) is 14.3. The molecule has 3 aromatic carbocycles. The minimum absolute atomic E-state index is 0.233. The Balaban J connectivity index is 1.55. The summed E-state index contributed by atoms with van der Waals surface area (Å²) in [6, 6.07) is 24.7. The van der Waals surface area contributed by atoms with E-state index >= 15 is 0 Å². The Morgan fingerprint density at radius 1 is 0.586 bits per heavy atom. The second-order valence-corrected chi connectivity index (χ2v) is 10.3. The van der Waals surface area contributed by atoms with Gasteiger partial charge >= 0.3 is 0 Å². The van der Waals surface area contributed by atoms with Crippen molar-refractivity contribution in [3.05, 3.63) is 82.9 Å². The number of rotatable bonds is 1. The molecule has 0 N–H and O–H groups in total. The van der Waals surface area contributed by atoms with Gasteiger partial charge in [0.1, 0.15) is 0 Å². The van der Waals surface area contributed by atoms with Gasteiger partial charge in [-0.1, -0.05) is 72.3 Å². The van der Waals surface area contributed by atoms with Crippen molar-refractivity contribution >= 4 is 11.6 Å². The molecule has 0 saturated heterocycles. The Bertz CT molecular complexity index is 1110. The smallest absolute Gasteiger partial charge is 0.0484 e. The first kappa shape index (κ1) is 16.7. The SMILES string of the molecule is Clc1ccccc1-c1cccc2c1-c1ccccc1C21C2CC3CC(C2)CC1C3. The molecule has 0 atom stereocenters. The second kappa shape index (κ2) is 5.76. The third kappa shape index (κ3) is 2.01. The van der Waals surface area contributed by atoms with Crippen molar-refractivity contribution in [1.29, 1.82) is 0 Å². The van der Waals surface area contributed by atoms with Crippen molar-refractivity contribution in [2.75, 3.05) is 0 Å². The van der Waals surface area contributed by atoms with E-state index in [1.54, 1.807) is 11.1 Å². The zero-order valence-electron chi connectivity index (χ0n) is 16.6. The average Bonchev–Trinajstić information content (AvgIpc) is 3.03. The molecule has 5 aliphatic carbocycles. The van der Waals surface area contributed by atoms with Crippen LogP contribution in [-0.4, -0.2) is 0 Å². The molecule has 0 nitrogen and oxygen atoms in total. The van der Waals surface area contributed by atoms with Crippen molar-refractivity contribution in [2.24, 2.45) is 23.7 Å². The van der Waals surface area contributed by atoms with Crippen LogP contribution in [0.15, 0.2) is 66.7 Å². The molecule has 0 aromatic heterocycles. The fourth-order valence-corrected chi connectivity index (χ4v) is 8.34. The van der Waals surface area contributed by atoms with E-state index in [1.807, 2.05) is 12.1 Å². The van der Waals surface area contributed by atoms with E-state index < -0.39 is 0 Å². The summed E-state index contributed by atoms with van der Waals surface area (Å²) in [6.07, 6.45) is 7.21. The van der Waals surface area contributed by atoms with Gasteiger partial charge < -0.3 is 0 Å². The van der Waals surface area contributed by atoms with Crippen LogP contribution in [0.25, 0.3) is 22.3 Å². The molecule has 1 heteroatoms. The fraction of sp³-hybridized carbons (Fsp3) is 0.357. The summed E-state index contributed by atoms with van der Waals surface area (Å²) in [5.41, 5.74) is 8.85. The van der Waals surface area contributed by atoms with Gasteiger partial charge in [0.2, 0.25) is 0 Å². The molecule has 3 aromatic rings. The van der Waals surface area contributed by atoms with Crippen LogP contribution >= 0.6 is 11.6 Å². The van der Waals surface area contributed by atoms with Gasteiger partial charge in [-0.15, -0.1) is 0 Å². The van der Waals surface area contributed by atoms with Crippen LogP contribution in [0.3, 0.4) is 0 Å². The zero-order chi connectivity index (χ0) is 19.2. The summed E-state index contributed by atoms with van der Waals surface area (Å²) in [5.74, 6) is 3.57. The lowest BCUT2D eigenvalue weighted by Gasteiger charge is -2.61. The van der Waals surface area contributed by atoms with Crippen molar-refractivity contribution in [1.82, 2.24) is 0 Å². The Hall–Kier alpha value is -2.05. The van der Waals surface area contributed by atoms with Crippen LogP contribution in [0, 0.1) is 23.7 Å². The number of halogens is 1. The van der Waals surface area contributed by atoms with Gasteiger partial charge in [-0.25, -0.2) is 0 Å². The van der Waals surface area contributed by atoms with Crippen molar-refractivity contribution in [3.63, 3.8) is 0 Å². The highest BCUT2D eigenvalue weighted by Gasteiger charge is 2.61. The number of hydrogen-bond acceptors (Lipinski definition) is 0. The van der Waals surface area contributed by atoms with Gasteiger partial charge in [0.15, 0.2) is 0 Å². The summed E-state index contributed by atoms with van der Waals surface area (Å²) in [5, 5.41) is 0.851. The minimum atomic E-state index is 0.233. The summed E-state index contributed by atoms with van der Waals surface area (Å²) < 4.78 is 0. The summed E-state index contributed by atoms with van der Waals surface area (Å²) in [4.78, 5) is 0. The zero-order valence-corrected chi connectivity index (χ0v) is 17.3. The van der Waals surface area contributed by atoms with Gasteiger partial charge in [-0.05, 0) is 89.7 Å². The van der Waals surface area contributed by atoms with Crippen LogP contribution in [0.1, 0.15) is 43.2 Å². The van der Waals surface area contributed by atoms with Crippen molar-refractivity contribution < 1.29 is 0 Å². The fourth-order valence-electron chi connectivity index (χ4n) is 8.11. The van der Waals surface area contributed by atoms with Crippen LogP contribution < -0.4 is 0 Å². The highest BCUT2D eigenvalue weighted by Crippen LogP contribution is 2.70. The Morgan fingerprint density at radius 2 is 1.17 bits per heavy atom. The Kier molecular flexibility index (Phi) is 3.32. The molecule has 29 heavy (non-hydrogen) atoms. The normalized spacial score (nSPS) is 33.1. The molecule has 0 amide bonds. The first-order valence-electron chi connectivity index (χ1n) is 11.2. The standard InChI is InChI=1S/C28H25Cl/c29-26-11-4-2-6-21(26)22-8-5-10-25-27(22)23-7-1-3-9-24(23)28(25)19-13-17-12-18(15-19)16-20(28)14-17/h1-11,17-20H,12-16H2. The predicted molar refractivity (Wildman–Crippen MR) is 120 cm³/mol. The number of fused-ring (bicyclic) bond motifs is 3. The van der Waals surface area contributed by atoms with E-state index in [1.165, 1.54) is 54.4 Å². The van der Waals surface area contributed by atoms with Gasteiger partial charge in [-0.3, -0.25) is 0 Å². The Morgan fingerprint density at radius 3 is 1.90 bits per heavy atom. The van der Waals surface area contributed by atoms with E-state index in [2.05, 4.69) is 54.6 Å². The maximum atomic E-state index is 6.69. The van der Waals surface area contributed by atoms with Gasteiger partial charge in [0.25, 0.3) is 0 Å². The molecule has 0 unspecified atom stereocenters. The summed E-state index contributed by atoms with van der Waals surface area (Å²) in [7, 11) is 0. The minimum Gasteiger partial charge on any atom is -0.0837 e. The van der Waals surface area contributed by atoms with E-state index in [9.17, 15) is 0 Å². The van der Waals surface area contributed by atoms with Crippen LogP contribution in [-0.2, 0) is 5.41 Å². The highest BCUT2D eigenvalue weighted by molar-refractivity contribution is 6.33. The van der Waals surface area contributed by atoms with E-state index in [4.69, 9.17) is 11.6 Å².